The van der Waals surface area contributed by atoms with E-state index >= 15 is 0 Å². The molecule has 0 aromatic carbocycles. The molecule has 0 N–H and O–H groups in total. The van der Waals surface area contributed by atoms with Crippen molar-refractivity contribution in [1.82, 2.24) is 9.38 Å². The normalized spacial score (nSPS) is 11.0. The maximum absolute atomic E-state index is 6.05. The molecule has 3 aromatic heterocycles. The summed E-state index contributed by atoms with van der Waals surface area (Å²) >= 11 is 7.73. The average Bonchev–Trinajstić information content (AvgIpc) is 2.86. The van der Waals surface area contributed by atoms with Gasteiger partial charge in [0.1, 0.15) is 0 Å². The summed E-state index contributed by atoms with van der Waals surface area (Å²) < 4.78 is 1.94. The highest BCUT2D eigenvalue weighted by molar-refractivity contribution is 7.13. The minimum absolute atomic E-state index is 0.681. The fourth-order valence-corrected chi connectivity index (χ4v) is 2.41. The third kappa shape index (κ3) is 1.44. The van der Waals surface area contributed by atoms with Crippen LogP contribution in [0.15, 0.2) is 42.0 Å². The number of aromatic nitrogens is 2. The Morgan fingerprint density at radius 3 is 2.93 bits per heavy atom. The van der Waals surface area contributed by atoms with Gasteiger partial charge >= 0.3 is 0 Å². The number of rotatable bonds is 1. The predicted octanol–water partition coefficient (Wildman–Crippen LogP) is 3.72. The van der Waals surface area contributed by atoms with Gasteiger partial charge in [-0.15, -0.1) is 11.3 Å². The van der Waals surface area contributed by atoms with Crippen molar-refractivity contribution in [2.24, 2.45) is 0 Å². The van der Waals surface area contributed by atoms with Gasteiger partial charge in [0.05, 0.1) is 15.6 Å². The van der Waals surface area contributed by atoms with Crippen LogP contribution in [0.4, 0.5) is 0 Å². The molecule has 0 aliphatic rings. The molecule has 0 amide bonds. The Bertz CT molecular complexity index is 598. The number of fused-ring (bicyclic) bond motifs is 1. The zero-order valence-corrected chi connectivity index (χ0v) is 9.29. The molecule has 0 fully saturated rings. The van der Waals surface area contributed by atoms with E-state index in [9.17, 15) is 0 Å². The Kier molecular flexibility index (Phi) is 2.01. The molecule has 0 radical (unpaired) electrons. The van der Waals surface area contributed by atoms with E-state index in [0.29, 0.717) is 5.02 Å². The lowest BCUT2D eigenvalue weighted by molar-refractivity contribution is 1.19. The molecule has 3 rings (SSSR count). The van der Waals surface area contributed by atoms with Crippen molar-refractivity contribution in [2.75, 3.05) is 0 Å². The second-order valence-electron chi connectivity index (χ2n) is 3.19. The summed E-state index contributed by atoms with van der Waals surface area (Å²) in [5.74, 6) is 0. The molecular weight excluding hydrogens is 228 g/mol. The number of imidazole rings is 1. The lowest BCUT2D eigenvalue weighted by Crippen LogP contribution is -1.80. The second kappa shape index (κ2) is 3.36. The molecule has 0 saturated heterocycles. The Labute approximate surface area is 95.8 Å². The molecule has 74 valence electrons. The third-order valence-corrected chi connectivity index (χ3v) is 3.40. The van der Waals surface area contributed by atoms with E-state index in [2.05, 4.69) is 11.1 Å². The van der Waals surface area contributed by atoms with Crippen LogP contribution in [0.3, 0.4) is 0 Å². The maximum Gasteiger partial charge on any atom is 0.156 e. The van der Waals surface area contributed by atoms with E-state index in [1.807, 2.05) is 40.4 Å². The number of hydrogen-bond donors (Lipinski definition) is 0. The summed E-state index contributed by atoms with van der Waals surface area (Å²) in [6, 6.07) is 7.84. The number of hydrogen-bond acceptors (Lipinski definition) is 2. The molecular formula is C11H7ClN2S. The average molecular weight is 235 g/mol. The summed E-state index contributed by atoms with van der Waals surface area (Å²) in [6.07, 6.45) is 3.94. The van der Waals surface area contributed by atoms with Crippen molar-refractivity contribution in [3.63, 3.8) is 0 Å². The Hall–Kier alpha value is -1.32. The van der Waals surface area contributed by atoms with Crippen LogP contribution < -0.4 is 0 Å². The first-order valence-electron chi connectivity index (χ1n) is 4.52. The minimum atomic E-state index is 0.681. The van der Waals surface area contributed by atoms with Gasteiger partial charge in [0.25, 0.3) is 0 Å². The van der Waals surface area contributed by atoms with Crippen molar-refractivity contribution >= 4 is 28.6 Å². The highest BCUT2D eigenvalue weighted by Crippen LogP contribution is 2.26. The molecule has 0 unspecified atom stereocenters. The van der Waals surface area contributed by atoms with Gasteiger partial charge in [-0.05, 0) is 23.6 Å². The molecule has 0 saturated carbocycles. The fourth-order valence-electron chi connectivity index (χ4n) is 1.52. The largest absolute Gasteiger partial charge is 0.305 e. The van der Waals surface area contributed by atoms with E-state index in [1.165, 1.54) is 0 Å². The van der Waals surface area contributed by atoms with Crippen molar-refractivity contribution in [2.45, 2.75) is 0 Å². The van der Waals surface area contributed by atoms with Gasteiger partial charge in [0.2, 0.25) is 0 Å². The van der Waals surface area contributed by atoms with Gasteiger partial charge in [-0.3, -0.25) is 0 Å². The molecule has 0 atom stereocenters. The minimum Gasteiger partial charge on any atom is -0.305 e. The smallest absolute Gasteiger partial charge is 0.156 e. The lowest BCUT2D eigenvalue weighted by Gasteiger charge is -1.92. The van der Waals surface area contributed by atoms with E-state index in [4.69, 9.17) is 11.6 Å². The number of pyridine rings is 1. The number of thiophene rings is 1. The van der Waals surface area contributed by atoms with E-state index < -0.39 is 0 Å². The standard InChI is InChI=1S/C11H7ClN2S/c12-8-3-1-5-14-7-9(13-11(8)14)10-4-2-6-15-10/h1-7H. The first kappa shape index (κ1) is 8.95. The quantitative estimate of drug-likeness (QED) is 0.627. The molecule has 0 bridgehead atoms. The van der Waals surface area contributed by atoms with Crippen LogP contribution in [0.25, 0.3) is 16.2 Å². The van der Waals surface area contributed by atoms with Crippen molar-refractivity contribution in [3.05, 3.63) is 47.1 Å². The summed E-state index contributed by atoms with van der Waals surface area (Å²) in [5, 5.41) is 2.72. The predicted molar refractivity (Wildman–Crippen MR) is 63.5 cm³/mol. The molecule has 0 spiro atoms. The zero-order chi connectivity index (χ0) is 10.3. The lowest BCUT2D eigenvalue weighted by atomic mass is 10.4. The fraction of sp³-hybridized carbons (Fsp3) is 0. The first-order chi connectivity index (χ1) is 7.34. The summed E-state index contributed by atoms with van der Waals surface area (Å²) in [6.45, 7) is 0. The summed E-state index contributed by atoms with van der Waals surface area (Å²) in [4.78, 5) is 5.66. The third-order valence-electron chi connectivity index (χ3n) is 2.21. The number of halogens is 1. The Morgan fingerprint density at radius 1 is 1.27 bits per heavy atom. The zero-order valence-electron chi connectivity index (χ0n) is 7.72. The second-order valence-corrected chi connectivity index (χ2v) is 4.55. The maximum atomic E-state index is 6.05. The highest BCUT2D eigenvalue weighted by Gasteiger charge is 2.06. The molecule has 3 aromatic rings. The molecule has 15 heavy (non-hydrogen) atoms. The van der Waals surface area contributed by atoms with Crippen LogP contribution >= 0.6 is 22.9 Å². The van der Waals surface area contributed by atoms with Gasteiger partial charge in [-0.25, -0.2) is 4.98 Å². The van der Waals surface area contributed by atoms with E-state index in [1.54, 1.807) is 11.3 Å². The van der Waals surface area contributed by atoms with E-state index in [-0.39, 0.29) is 0 Å². The van der Waals surface area contributed by atoms with Crippen LogP contribution in [-0.4, -0.2) is 9.38 Å². The highest BCUT2D eigenvalue weighted by atomic mass is 35.5. The molecule has 0 aliphatic heterocycles. The van der Waals surface area contributed by atoms with Crippen molar-refractivity contribution in [3.8, 4) is 10.6 Å². The first-order valence-corrected chi connectivity index (χ1v) is 5.77. The van der Waals surface area contributed by atoms with Crippen LogP contribution in [0.2, 0.25) is 5.02 Å². The van der Waals surface area contributed by atoms with Crippen LogP contribution in [-0.2, 0) is 0 Å². The van der Waals surface area contributed by atoms with Crippen LogP contribution in [0, 0.1) is 0 Å². The SMILES string of the molecule is Clc1cccn2cc(-c3cccs3)nc12. The van der Waals surface area contributed by atoms with Gasteiger partial charge in [0, 0.05) is 12.4 Å². The van der Waals surface area contributed by atoms with Gasteiger partial charge in [-0.2, -0.15) is 0 Å². The van der Waals surface area contributed by atoms with Gasteiger partial charge in [0.15, 0.2) is 5.65 Å². The van der Waals surface area contributed by atoms with Crippen LogP contribution in [0.1, 0.15) is 0 Å². The monoisotopic (exact) mass is 234 g/mol. The van der Waals surface area contributed by atoms with Gasteiger partial charge < -0.3 is 4.40 Å². The molecule has 0 aliphatic carbocycles. The van der Waals surface area contributed by atoms with Crippen molar-refractivity contribution in [1.29, 1.82) is 0 Å². The topological polar surface area (TPSA) is 17.3 Å². The summed E-state index contributed by atoms with van der Waals surface area (Å²) in [7, 11) is 0. The number of nitrogens with zero attached hydrogens (tertiary/aromatic N) is 2. The molecule has 2 nitrogen and oxygen atoms in total. The van der Waals surface area contributed by atoms with Gasteiger partial charge in [-0.1, -0.05) is 17.7 Å². The van der Waals surface area contributed by atoms with Crippen molar-refractivity contribution < 1.29 is 0 Å². The van der Waals surface area contributed by atoms with E-state index in [0.717, 1.165) is 16.2 Å². The molecule has 3 heterocycles. The Morgan fingerprint density at radius 2 is 2.20 bits per heavy atom. The Balaban J connectivity index is 2.27. The van der Waals surface area contributed by atoms with Crippen LogP contribution in [0.5, 0.6) is 0 Å². The molecule has 4 heteroatoms. The summed E-state index contributed by atoms with van der Waals surface area (Å²) in [5.41, 5.74) is 1.78.